The van der Waals surface area contributed by atoms with Crippen LogP contribution in [0.4, 0.5) is 0 Å². The van der Waals surface area contributed by atoms with Crippen LogP contribution in [-0.2, 0) is 4.74 Å². The van der Waals surface area contributed by atoms with Crippen LogP contribution in [0.5, 0.6) is 0 Å². The molecule has 24 heavy (non-hydrogen) atoms. The van der Waals surface area contributed by atoms with E-state index in [4.69, 9.17) is 9.84 Å². The molecule has 2 atom stereocenters. The van der Waals surface area contributed by atoms with Crippen molar-refractivity contribution in [2.24, 2.45) is 0 Å². The molecule has 2 aliphatic rings. The van der Waals surface area contributed by atoms with Crippen LogP contribution in [0, 0.1) is 0 Å². The fourth-order valence-corrected chi connectivity index (χ4v) is 3.91. The standard InChI is InChI=1S/C19H26N4O/c1-2-16(14-18(3-1)24-17-6-11-21-12-7-17)23-13-8-19(22-23)15-4-9-20-10-5-15/h4-5,8-10,13,16-18,21H,1-3,6-7,11-12,14H2/t16-,18+/m1/s1. The topological polar surface area (TPSA) is 52.0 Å². The Hall–Kier alpha value is -1.72. The van der Waals surface area contributed by atoms with E-state index in [9.17, 15) is 0 Å². The van der Waals surface area contributed by atoms with Crippen molar-refractivity contribution in [2.45, 2.75) is 56.8 Å². The number of hydrogen-bond donors (Lipinski definition) is 1. The van der Waals surface area contributed by atoms with Gasteiger partial charge >= 0.3 is 0 Å². The van der Waals surface area contributed by atoms with E-state index in [0.717, 1.165) is 43.6 Å². The van der Waals surface area contributed by atoms with E-state index in [1.807, 2.05) is 24.5 Å². The van der Waals surface area contributed by atoms with E-state index >= 15 is 0 Å². The lowest BCUT2D eigenvalue weighted by atomic mass is 9.92. The van der Waals surface area contributed by atoms with Gasteiger partial charge < -0.3 is 10.1 Å². The van der Waals surface area contributed by atoms with Gasteiger partial charge in [-0.05, 0) is 69.8 Å². The van der Waals surface area contributed by atoms with Crippen LogP contribution in [0.2, 0.25) is 0 Å². The summed E-state index contributed by atoms with van der Waals surface area (Å²) in [6.45, 7) is 2.19. The largest absolute Gasteiger partial charge is 0.375 e. The maximum atomic E-state index is 6.39. The monoisotopic (exact) mass is 326 g/mol. The highest BCUT2D eigenvalue weighted by molar-refractivity contribution is 5.57. The summed E-state index contributed by atoms with van der Waals surface area (Å²) in [6.07, 6.45) is 13.6. The van der Waals surface area contributed by atoms with Crippen molar-refractivity contribution in [3.05, 3.63) is 36.8 Å². The van der Waals surface area contributed by atoms with Crippen LogP contribution in [0.15, 0.2) is 36.8 Å². The van der Waals surface area contributed by atoms with E-state index < -0.39 is 0 Å². The summed E-state index contributed by atoms with van der Waals surface area (Å²) in [6, 6.07) is 6.58. The van der Waals surface area contributed by atoms with Gasteiger partial charge in [0.05, 0.1) is 23.9 Å². The lowest BCUT2D eigenvalue weighted by molar-refractivity contribution is -0.0509. The summed E-state index contributed by atoms with van der Waals surface area (Å²) in [5, 5.41) is 8.22. The molecule has 0 amide bonds. The minimum Gasteiger partial charge on any atom is -0.375 e. The van der Waals surface area contributed by atoms with Crippen LogP contribution in [0.3, 0.4) is 0 Å². The van der Waals surface area contributed by atoms with Gasteiger partial charge in [-0.1, -0.05) is 0 Å². The van der Waals surface area contributed by atoms with Gasteiger partial charge in [-0.25, -0.2) is 0 Å². The first-order chi connectivity index (χ1) is 11.9. The van der Waals surface area contributed by atoms with E-state index in [0.29, 0.717) is 18.2 Å². The van der Waals surface area contributed by atoms with Crippen LogP contribution in [0.25, 0.3) is 11.3 Å². The lowest BCUT2D eigenvalue weighted by Gasteiger charge is -2.33. The Morgan fingerprint density at radius 2 is 1.83 bits per heavy atom. The first-order valence-corrected chi connectivity index (χ1v) is 9.20. The Kier molecular flexibility index (Phi) is 4.90. The van der Waals surface area contributed by atoms with Crippen LogP contribution in [0.1, 0.15) is 44.6 Å². The lowest BCUT2D eigenvalue weighted by Crippen LogP contribution is -2.36. The maximum absolute atomic E-state index is 6.39. The Labute approximate surface area is 143 Å². The molecule has 2 fully saturated rings. The van der Waals surface area contributed by atoms with Crippen LogP contribution < -0.4 is 5.32 Å². The highest BCUT2D eigenvalue weighted by atomic mass is 16.5. The zero-order valence-corrected chi connectivity index (χ0v) is 14.1. The number of rotatable bonds is 4. The third-order valence-electron chi connectivity index (χ3n) is 5.23. The van der Waals surface area contributed by atoms with Crippen molar-refractivity contribution < 1.29 is 4.74 Å². The third kappa shape index (κ3) is 3.68. The molecule has 0 bridgehead atoms. The summed E-state index contributed by atoms with van der Waals surface area (Å²) in [5.41, 5.74) is 2.15. The Morgan fingerprint density at radius 3 is 2.67 bits per heavy atom. The molecule has 3 heterocycles. The molecule has 5 nitrogen and oxygen atoms in total. The number of pyridine rings is 1. The molecule has 1 N–H and O–H groups in total. The summed E-state index contributed by atoms with van der Waals surface area (Å²) < 4.78 is 8.53. The predicted molar refractivity (Wildman–Crippen MR) is 93.7 cm³/mol. The molecule has 2 aromatic rings. The zero-order chi connectivity index (χ0) is 16.2. The molecule has 1 saturated carbocycles. The molecule has 4 rings (SSSR count). The molecular formula is C19H26N4O. The van der Waals surface area contributed by atoms with Gasteiger partial charge in [0.25, 0.3) is 0 Å². The highest BCUT2D eigenvalue weighted by Gasteiger charge is 2.27. The van der Waals surface area contributed by atoms with E-state index in [1.54, 1.807) is 0 Å². The van der Waals surface area contributed by atoms with Gasteiger partial charge in [-0.3, -0.25) is 9.67 Å². The summed E-state index contributed by atoms with van der Waals surface area (Å²) in [7, 11) is 0. The second-order valence-electron chi connectivity index (χ2n) is 6.94. The predicted octanol–water partition coefficient (Wildman–Crippen LogP) is 3.20. The Morgan fingerprint density at radius 1 is 1.00 bits per heavy atom. The van der Waals surface area contributed by atoms with Crippen molar-refractivity contribution in [1.29, 1.82) is 0 Å². The van der Waals surface area contributed by atoms with Crippen molar-refractivity contribution in [3.8, 4) is 11.3 Å². The van der Waals surface area contributed by atoms with Crippen molar-refractivity contribution >= 4 is 0 Å². The van der Waals surface area contributed by atoms with E-state index in [1.165, 1.54) is 19.3 Å². The number of aromatic nitrogens is 3. The summed E-state index contributed by atoms with van der Waals surface area (Å²) >= 11 is 0. The molecule has 0 spiro atoms. The number of nitrogens with one attached hydrogen (secondary N) is 1. The van der Waals surface area contributed by atoms with E-state index in [-0.39, 0.29) is 0 Å². The highest BCUT2D eigenvalue weighted by Crippen LogP contribution is 2.32. The van der Waals surface area contributed by atoms with Gasteiger partial charge in [0.1, 0.15) is 0 Å². The molecular weight excluding hydrogens is 300 g/mol. The average molecular weight is 326 g/mol. The Bertz CT molecular complexity index is 636. The Balaban J connectivity index is 1.40. The number of nitrogens with zero attached hydrogens (tertiary/aromatic N) is 3. The fraction of sp³-hybridized carbons (Fsp3) is 0.579. The quantitative estimate of drug-likeness (QED) is 0.937. The minimum atomic E-state index is 0.389. The summed E-state index contributed by atoms with van der Waals surface area (Å²) in [5.74, 6) is 0. The van der Waals surface area contributed by atoms with Gasteiger partial charge in [0, 0.05) is 24.2 Å². The van der Waals surface area contributed by atoms with Crippen molar-refractivity contribution in [2.75, 3.05) is 13.1 Å². The molecule has 128 valence electrons. The number of piperidine rings is 1. The maximum Gasteiger partial charge on any atom is 0.0924 e. The second-order valence-corrected chi connectivity index (χ2v) is 6.94. The first-order valence-electron chi connectivity index (χ1n) is 9.20. The van der Waals surface area contributed by atoms with Crippen molar-refractivity contribution in [3.63, 3.8) is 0 Å². The third-order valence-corrected chi connectivity index (χ3v) is 5.23. The molecule has 1 saturated heterocycles. The molecule has 5 heteroatoms. The number of hydrogen-bond acceptors (Lipinski definition) is 4. The van der Waals surface area contributed by atoms with E-state index in [2.05, 4.69) is 27.2 Å². The average Bonchev–Trinajstić information content (AvgIpc) is 3.14. The number of ether oxygens (including phenoxy) is 1. The minimum absolute atomic E-state index is 0.389. The zero-order valence-electron chi connectivity index (χ0n) is 14.1. The molecule has 0 radical (unpaired) electrons. The van der Waals surface area contributed by atoms with Crippen LogP contribution >= 0.6 is 0 Å². The van der Waals surface area contributed by atoms with Gasteiger partial charge in [-0.15, -0.1) is 0 Å². The van der Waals surface area contributed by atoms with Gasteiger partial charge in [0.15, 0.2) is 0 Å². The smallest absolute Gasteiger partial charge is 0.0924 e. The van der Waals surface area contributed by atoms with Gasteiger partial charge in [0.2, 0.25) is 0 Å². The second kappa shape index (κ2) is 7.45. The molecule has 2 aromatic heterocycles. The SMILES string of the molecule is c1cc(-c2ccn([C@@H]3CCC[C@H](OC4CCNCC4)C3)n2)ccn1. The fourth-order valence-electron chi connectivity index (χ4n) is 3.91. The molecule has 0 unspecified atom stereocenters. The normalized spacial score (nSPS) is 25.7. The van der Waals surface area contributed by atoms with Crippen LogP contribution in [-0.4, -0.2) is 40.1 Å². The summed E-state index contributed by atoms with van der Waals surface area (Å²) in [4.78, 5) is 4.08. The van der Waals surface area contributed by atoms with Gasteiger partial charge in [-0.2, -0.15) is 5.10 Å². The molecule has 0 aromatic carbocycles. The van der Waals surface area contributed by atoms with Crippen molar-refractivity contribution in [1.82, 2.24) is 20.1 Å². The first kappa shape index (κ1) is 15.8. The molecule has 1 aliphatic heterocycles. The molecule has 1 aliphatic carbocycles.